The van der Waals surface area contributed by atoms with Gasteiger partial charge in [0, 0.05) is 32.8 Å². The van der Waals surface area contributed by atoms with Crippen molar-refractivity contribution in [1.82, 2.24) is 9.97 Å². The molecule has 2 heterocycles. The van der Waals surface area contributed by atoms with Crippen LogP contribution in [0, 0.1) is 6.92 Å². The number of rotatable bonds is 1. The Kier molecular flexibility index (Phi) is 36.0. The van der Waals surface area contributed by atoms with E-state index in [-0.39, 0.29) is 20.4 Å². The molecule has 7 heteroatoms. The molecule has 5 nitrogen and oxygen atoms in total. The molecule has 0 amide bonds. The van der Waals surface area contributed by atoms with Gasteiger partial charge in [-0.1, -0.05) is 12.1 Å². The van der Waals surface area contributed by atoms with Gasteiger partial charge < -0.3 is 41.7 Å². The molecular weight excluding hydrogens is 522 g/mol. The quantitative estimate of drug-likeness (QED) is 0.414. The largest absolute Gasteiger partial charge is 0.573 e. The van der Waals surface area contributed by atoms with Gasteiger partial charge in [-0.05, 0) is 24.3 Å². The summed E-state index contributed by atoms with van der Waals surface area (Å²) in [5.41, 5.74) is 1.83. The van der Waals surface area contributed by atoms with Crippen molar-refractivity contribution in [2.75, 3.05) is 5.33 Å². The Morgan fingerprint density at radius 3 is 1.27 bits per heavy atom. The number of pyridine rings is 2. The maximum absolute atomic E-state index is 7.50. The van der Waals surface area contributed by atoms with E-state index in [1.807, 2.05) is 36.4 Å². The van der Waals surface area contributed by atoms with Crippen LogP contribution in [-0.2, 0) is 34.8 Å². The van der Waals surface area contributed by atoms with Gasteiger partial charge >= 0.3 is 0 Å². The van der Waals surface area contributed by atoms with Gasteiger partial charge in [-0.25, -0.2) is 0 Å². The molecule has 4 radical (unpaired) electrons. The summed E-state index contributed by atoms with van der Waals surface area (Å²) in [7, 11) is 0. The summed E-state index contributed by atoms with van der Waals surface area (Å²) < 4.78 is 0. The summed E-state index contributed by atoms with van der Waals surface area (Å²) in [6.45, 7) is 16.9. The third-order valence-corrected chi connectivity index (χ3v) is 1.59. The number of nitrogens with zero attached hydrogens (tertiary/aromatic N) is 2. The zero-order valence-corrected chi connectivity index (χ0v) is 15.7. The second-order valence-corrected chi connectivity index (χ2v) is 3.41. The number of hydrogen-bond donors (Lipinski definition) is 0. The van der Waals surface area contributed by atoms with Gasteiger partial charge in [-0.15, -0.1) is 21.3 Å². The first kappa shape index (κ1) is 28.6. The Balaban J connectivity index is -0.000000140. The molecule has 0 spiro atoms. The van der Waals surface area contributed by atoms with Crippen LogP contribution in [0.5, 0.6) is 0 Å². The number of aromatic nitrogens is 2. The van der Waals surface area contributed by atoms with Crippen molar-refractivity contribution in [3.05, 3.63) is 55.7 Å². The van der Waals surface area contributed by atoms with Crippen LogP contribution in [0.3, 0.4) is 0 Å². The first-order valence-electron chi connectivity index (χ1n) is 5.17. The van der Waals surface area contributed by atoms with Crippen LogP contribution in [0.1, 0.15) is 0 Å². The Morgan fingerprint density at radius 1 is 0.818 bits per heavy atom. The van der Waals surface area contributed by atoms with E-state index < -0.39 is 0 Å². The average molecular weight is 534 g/mol. The maximum Gasteiger partial charge on any atom is 0.0886 e. The zero-order chi connectivity index (χ0) is 16.9. The van der Waals surface area contributed by atoms with Crippen molar-refractivity contribution in [1.29, 1.82) is 0 Å². The summed E-state index contributed by atoms with van der Waals surface area (Å²) in [5.74, 6) is 0. The number of halogens is 1. The van der Waals surface area contributed by atoms with Gasteiger partial charge in [0.1, 0.15) is 0 Å². The average Bonchev–Trinajstić information content (AvgIpc) is 2.62. The third-order valence-electron chi connectivity index (χ3n) is 1.59. The Labute approximate surface area is 153 Å². The molecule has 2 aromatic rings. The molecule has 0 aliphatic heterocycles. The molecule has 0 N–H and O–H groups in total. The first-order valence-corrected chi connectivity index (χ1v) is 6.29. The van der Waals surface area contributed by atoms with E-state index in [2.05, 4.69) is 53.2 Å². The second-order valence-electron chi connectivity index (χ2n) is 2.62. The third kappa shape index (κ3) is 16.5. The summed E-state index contributed by atoms with van der Waals surface area (Å²) in [4.78, 5) is 30.9. The maximum atomic E-state index is 7.50. The molecule has 2 aromatic heterocycles. The van der Waals surface area contributed by atoms with Gasteiger partial charge in [-0.3, -0.25) is 9.97 Å². The fourth-order valence-electron chi connectivity index (χ4n) is 1.03. The molecule has 118 valence electrons. The topological polar surface area (TPSA) is 77.0 Å². The van der Waals surface area contributed by atoms with Crippen molar-refractivity contribution in [3.8, 4) is 11.4 Å². The smallest absolute Gasteiger partial charge is 0.0886 e. The predicted octanol–water partition coefficient (Wildman–Crippen LogP) is 2.17. The van der Waals surface area contributed by atoms with E-state index in [0.29, 0.717) is 0 Å². The molecule has 0 saturated carbocycles. The van der Waals surface area contributed by atoms with Gasteiger partial charge in [0.05, 0.1) is 11.4 Å². The molecule has 0 atom stereocenters. The normalized spacial score (nSPS) is 6.64. The minimum Gasteiger partial charge on any atom is -0.573 e. The van der Waals surface area contributed by atoms with E-state index in [0.717, 1.165) is 16.7 Å². The van der Waals surface area contributed by atoms with Crippen LogP contribution < -0.4 is 0 Å². The van der Waals surface area contributed by atoms with Crippen LogP contribution >= 0.6 is 15.9 Å². The van der Waals surface area contributed by atoms with Gasteiger partial charge in [-0.2, -0.15) is 0 Å². The fourth-order valence-corrected chi connectivity index (χ4v) is 1.03. The van der Waals surface area contributed by atoms with Crippen molar-refractivity contribution < 1.29 is 34.8 Å². The molecule has 0 aliphatic carbocycles. The van der Waals surface area contributed by atoms with Gasteiger partial charge in [0.15, 0.2) is 0 Å². The van der Waals surface area contributed by atoms with Crippen LogP contribution in [0.4, 0.5) is 0 Å². The van der Waals surface area contributed by atoms with Crippen molar-refractivity contribution in [2.24, 2.45) is 0 Å². The molecule has 0 fully saturated rings. The molecule has 0 saturated heterocycles. The number of carbonyl (C=O) groups excluding carboxylic acids is 3. The fraction of sp³-hybridized carbons (Fsp3) is 0.0667. The van der Waals surface area contributed by atoms with E-state index in [1.54, 1.807) is 12.4 Å². The molecule has 22 heavy (non-hydrogen) atoms. The van der Waals surface area contributed by atoms with E-state index in [9.17, 15) is 0 Å². The Hall–Kier alpha value is -1.55. The molecule has 0 aliphatic rings. The molecular formula is C15H12BrN2O3Re-4. The Morgan fingerprint density at radius 2 is 1.09 bits per heavy atom. The second kappa shape index (κ2) is 27.7. The van der Waals surface area contributed by atoms with Crippen molar-refractivity contribution in [3.63, 3.8) is 0 Å². The zero-order valence-electron chi connectivity index (χ0n) is 11.4. The van der Waals surface area contributed by atoms with Crippen molar-refractivity contribution >= 4 is 36.3 Å². The van der Waals surface area contributed by atoms with Gasteiger partial charge in [0.2, 0.25) is 0 Å². The standard InChI is InChI=1S/C10H8N2.C2H4Br.3CO.Re/c1-3-7-11-9(5-1)10-6-2-4-8-12-10;1-2-3;3*1-2;/h1-8H;1-2H2;;;;/q;4*-1;. The van der Waals surface area contributed by atoms with Crippen LogP contribution in [0.15, 0.2) is 48.8 Å². The van der Waals surface area contributed by atoms with Crippen LogP contribution in [0.2, 0.25) is 0 Å². The monoisotopic (exact) mass is 534 g/mol. The van der Waals surface area contributed by atoms with E-state index in [1.165, 1.54) is 0 Å². The van der Waals surface area contributed by atoms with Crippen molar-refractivity contribution in [2.45, 2.75) is 0 Å². The first-order chi connectivity index (χ1) is 10.4. The van der Waals surface area contributed by atoms with E-state index in [4.69, 9.17) is 14.4 Å². The molecule has 0 aromatic carbocycles. The SMILES string of the molecule is [C-]=O.[C-]=O.[C-]=O.[CH2-]CBr.[Re].c1ccc(-c2ccccn2)nc1. The predicted molar refractivity (Wildman–Crippen MR) is 83.7 cm³/mol. The molecule has 2 rings (SSSR count). The summed E-state index contributed by atoms with van der Waals surface area (Å²) in [5, 5.41) is 0.812. The van der Waals surface area contributed by atoms with Crippen LogP contribution in [0.25, 0.3) is 11.4 Å². The minimum atomic E-state index is 0. The summed E-state index contributed by atoms with van der Waals surface area (Å²) >= 11 is 3.03. The van der Waals surface area contributed by atoms with E-state index >= 15 is 0 Å². The Bertz CT molecular complexity index is 379. The van der Waals surface area contributed by atoms with Gasteiger partial charge in [0.25, 0.3) is 0 Å². The molecule has 0 unspecified atom stereocenters. The minimum absolute atomic E-state index is 0. The molecule has 0 bridgehead atoms. The van der Waals surface area contributed by atoms with Crippen LogP contribution in [-0.4, -0.2) is 35.7 Å². The number of hydrogen-bond acceptors (Lipinski definition) is 5. The number of alkyl halides is 1. The summed E-state index contributed by atoms with van der Waals surface area (Å²) in [6, 6.07) is 11.6. The summed E-state index contributed by atoms with van der Waals surface area (Å²) in [6.07, 6.45) is 3.54.